The number of H-pyrrole nitrogens is 4. The van der Waals surface area contributed by atoms with Crippen LogP contribution in [0.2, 0.25) is 0 Å². The summed E-state index contributed by atoms with van der Waals surface area (Å²) in [6.07, 6.45) is 18.6. The second-order valence-corrected chi connectivity index (χ2v) is 29.2. The number of anilines is 3. The van der Waals surface area contributed by atoms with Crippen LogP contribution in [0.1, 0.15) is 168 Å². The van der Waals surface area contributed by atoms with Gasteiger partial charge < -0.3 is 48.8 Å². The second-order valence-electron chi connectivity index (χ2n) is 28.2. The van der Waals surface area contributed by atoms with E-state index in [0.29, 0.717) is 71.5 Å². The van der Waals surface area contributed by atoms with E-state index in [-0.39, 0.29) is 29.2 Å². The lowest BCUT2D eigenvalue weighted by Gasteiger charge is -2.33. The van der Waals surface area contributed by atoms with Gasteiger partial charge >= 0.3 is 0 Å². The molecule has 0 saturated carbocycles. The number of fused-ring (bicyclic) bond motifs is 3. The molecule has 3 saturated heterocycles. The Hall–Kier alpha value is -7.52. The number of carbonyl (C=O) groups is 3. The lowest BCUT2D eigenvalue weighted by molar-refractivity contribution is 0.0926. The first-order chi connectivity index (χ1) is 46.6. The van der Waals surface area contributed by atoms with Gasteiger partial charge in [-0.3, -0.25) is 19.5 Å². The predicted octanol–water partition coefficient (Wildman–Crippen LogP) is 14.5. The molecular weight excluding hydrogens is 1220 g/mol. The van der Waals surface area contributed by atoms with E-state index in [2.05, 4.69) is 216 Å². The van der Waals surface area contributed by atoms with E-state index in [1.54, 1.807) is 6.20 Å². The first-order valence-electron chi connectivity index (χ1n) is 36.0. The predicted molar refractivity (Wildman–Crippen MR) is 391 cm³/mol. The normalized spacial score (nSPS) is 16.2. The van der Waals surface area contributed by atoms with Crippen LogP contribution in [0, 0.1) is 35.5 Å². The van der Waals surface area contributed by atoms with Crippen molar-refractivity contribution in [3.63, 3.8) is 0 Å². The Kier molecular flexibility index (Phi) is 26.1. The van der Waals surface area contributed by atoms with Gasteiger partial charge in [-0.1, -0.05) is 148 Å². The van der Waals surface area contributed by atoms with Crippen LogP contribution in [-0.4, -0.2) is 176 Å². The molecule has 516 valence electrons. The molecule has 4 N–H and O–H groups in total. The number of likely N-dealkylation sites (N-methyl/N-ethyl adjacent to an activating group) is 3. The SMILES string of the molecule is CCN1CCN(c2n[nH]c(C(=O)CC(CCC(C)C)Cc3c[nH]c4ccccc34)n2)CC1.CCN1CCN(c2ncc(C(=O)CC(CCC(C)C)Cc3c[nH]c4ccccc34)o2)CC1.CCN1CCN(c2nnc(C(=O)CC(CCC(C)C)Cc3c[nH]c4ccccc34)s2)CC1. The van der Waals surface area contributed by atoms with Gasteiger partial charge in [0.25, 0.3) is 6.01 Å². The van der Waals surface area contributed by atoms with Crippen molar-refractivity contribution < 1.29 is 18.8 Å². The van der Waals surface area contributed by atoms with Crippen molar-refractivity contribution in [2.45, 2.75) is 139 Å². The highest BCUT2D eigenvalue weighted by molar-refractivity contribution is 7.17. The molecule has 3 aliphatic rings. The molecule has 0 spiro atoms. The standard InChI is InChI=1S/C26H36N4O2.C25H36N6O.C25H35N5OS/c1-4-29-11-13-30(14-12-29)26-28-18-25(32-26)24(31)16-20(10-9-19(2)3)15-21-17-27-23-8-6-5-7-22(21)23;1-4-30-11-13-31(14-12-30)25-27-24(28-29-25)23(32)16-19(10-9-18(2)3)15-20-17-26-22-8-6-5-7-21(20)22;1-4-29-11-13-30(14-12-29)25-28-27-24(32-25)23(31)16-19(10-9-18(2)3)15-20-17-26-22-8-6-5-7-21(20)22/h5-8,17-20,27H,4,9-16H2,1-3H3;5-8,17-19,26H,4,9-16H2,1-3H3,(H,27,28,29);5-8,17-19,26H,4,9-16H2,1-3H3. The number of ketones is 3. The lowest BCUT2D eigenvalue weighted by Crippen LogP contribution is -2.46. The van der Waals surface area contributed by atoms with Gasteiger partial charge in [0, 0.05) is 149 Å². The zero-order chi connectivity index (χ0) is 67.5. The summed E-state index contributed by atoms with van der Waals surface area (Å²) < 4.78 is 5.93. The minimum atomic E-state index is 0.0598. The van der Waals surface area contributed by atoms with Crippen molar-refractivity contribution in [2.75, 3.05) is 113 Å². The molecule has 3 unspecified atom stereocenters. The van der Waals surface area contributed by atoms with Crippen molar-refractivity contribution in [2.24, 2.45) is 35.5 Å². The summed E-state index contributed by atoms with van der Waals surface area (Å²) in [6, 6.07) is 25.7. The van der Waals surface area contributed by atoms with Crippen molar-refractivity contribution in [1.29, 1.82) is 0 Å². The van der Waals surface area contributed by atoms with Gasteiger partial charge in [-0.15, -0.1) is 15.3 Å². The van der Waals surface area contributed by atoms with Gasteiger partial charge in [0.1, 0.15) is 0 Å². The Labute approximate surface area is 573 Å². The number of rotatable bonds is 30. The highest BCUT2D eigenvalue weighted by Crippen LogP contribution is 2.32. The van der Waals surface area contributed by atoms with Crippen molar-refractivity contribution in [3.8, 4) is 0 Å². The van der Waals surface area contributed by atoms with Crippen LogP contribution < -0.4 is 14.7 Å². The highest BCUT2D eigenvalue weighted by atomic mass is 32.1. The molecule has 3 aliphatic heterocycles. The zero-order valence-corrected chi connectivity index (χ0v) is 59.6. The maximum atomic E-state index is 13.2. The lowest BCUT2D eigenvalue weighted by atomic mass is 9.87. The molecule has 3 atom stereocenters. The van der Waals surface area contributed by atoms with Crippen LogP contribution in [0.5, 0.6) is 0 Å². The molecule has 3 aromatic carbocycles. The quantitative estimate of drug-likeness (QED) is 0.0309. The average Bonchev–Trinajstić information content (AvgIpc) is 1.79. The number of oxazole rings is 1. The molecule has 20 heteroatoms. The van der Waals surface area contributed by atoms with Crippen LogP contribution >= 0.6 is 11.3 Å². The molecule has 0 aliphatic carbocycles. The molecule has 9 heterocycles. The smallest absolute Gasteiger partial charge is 0.297 e. The number of aromatic nitrogens is 9. The molecule has 96 heavy (non-hydrogen) atoms. The summed E-state index contributed by atoms with van der Waals surface area (Å²) in [5, 5.41) is 21.1. The maximum Gasteiger partial charge on any atom is 0.297 e. The minimum Gasteiger partial charge on any atom is -0.420 e. The first kappa shape index (κ1) is 71.3. The molecule has 3 fully saturated rings. The highest BCUT2D eigenvalue weighted by Gasteiger charge is 2.28. The van der Waals surface area contributed by atoms with Gasteiger partial charge in [0.2, 0.25) is 11.1 Å². The average molecular weight is 1330 g/mol. The number of carbonyl (C=O) groups excluding carboxylic acids is 3. The molecule has 0 bridgehead atoms. The van der Waals surface area contributed by atoms with Gasteiger partial charge in [-0.25, -0.2) is 4.98 Å². The largest absolute Gasteiger partial charge is 0.420 e. The van der Waals surface area contributed by atoms with Crippen LogP contribution in [0.15, 0.2) is 102 Å². The number of piperazine rings is 3. The summed E-state index contributed by atoms with van der Waals surface area (Å²) in [7, 11) is 0. The summed E-state index contributed by atoms with van der Waals surface area (Å²) in [6.45, 7) is 34.9. The molecule has 6 aromatic heterocycles. The Morgan fingerprint density at radius 3 is 1.33 bits per heavy atom. The van der Waals surface area contributed by atoms with Crippen LogP contribution in [-0.2, 0) is 19.3 Å². The van der Waals surface area contributed by atoms with E-state index in [1.165, 1.54) is 44.2 Å². The van der Waals surface area contributed by atoms with Gasteiger partial charge in [-0.2, -0.15) is 4.98 Å². The molecular formula is C76H107N15O4S. The zero-order valence-electron chi connectivity index (χ0n) is 58.8. The monoisotopic (exact) mass is 1330 g/mol. The number of para-hydroxylation sites is 3. The maximum absolute atomic E-state index is 13.2. The number of aromatic amines is 4. The molecule has 9 aromatic rings. The number of nitrogens with zero attached hydrogens (tertiary/aromatic N) is 11. The summed E-state index contributed by atoms with van der Waals surface area (Å²) in [5.41, 5.74) is 7.34. The number of hydrogen-bond donors (Lipinski definition) is 4. The molecule has 19 nitrogen and oxygen atoms in total. The Morgan fingerprint density at radius 1 is 0.490 bits per heavy atom. The molecule has 12 rings (SSSR count). The minimum absolute atomic E-state index is 0.0598. The Morgan fingerprint density at radius 2 is 0.896 bits per heavy atom. The fourth-order valence-corrected chi connectivity index (χ4v) is 14.6. The third-order valence-corrected chi connectivity index (χ3v) is 20.9. The number of nitrogens with one attached hydrogen (secondary N) is 4. The number of benzene rings is 3. The van der Waals surface area contributed by atoms with Crippen molar-refractivity contribution >= 4 is 78.5 Å². The van der Waals surface area contributed by atoms with E-state index in [4.69, 9.17) is 4.42 Å². The van der Waals surface area contributed by atoms with Gasteiger partial charge in [0.05, 0.1) is 6.20 Å². The Bertz CT molecular complexity index is 3440. The fourth-order valence-electron chi connectivity index (χ4n) is 13.7. The third-order valence-electron chi connectivity index (χ3n) is 19.9. The number of Topliss-reactive ketones (excluding diaryl/α,β-unsaturated/α-hetero) is 3. The van der Waals surface area contributed by atoms with E-state index in [0.717, 1.165) is 178 Å². The van der Waals surface area contributed by atoms with Crippen LogP contribution in [0.25, 0.3) is 32.7 Å². The van der Waals surface area contributed by atoms with E-state index in [1.807, 2.05) is 12.1 Å². The fraction of sp³-hybridized carbons (Fsp3) is 0.553. The van der Waals surface area contributed by atoms with Crippen LogP contribution in [0.3, 0.4) is 0 Å². The van der Waals surface area contributed by atoms with E-state index in [9.17, 15) is 14.4 Å². The second kappa shape index (κ2) is 35.1. The van der Waals surface area contributed by atoms with Gasteiger partial charge in [0.15, 0.2) is 33.9 Å². The summed E-state index contributed by atoms with van der Waals surface area (Å²) in [4.78, 5) is 72.3. The van der Waals surface area contributed by atoms with Crippen LogP contribution in [0.4, 0.5) is 17.1 Å². The summed E-state index contributed by atoms with van der Waals surface area (Å²) >= 11 is 1.46. The third kappa shape index (κ3) is 19.8. The first-order valence-corrected chi connectivity index (χ1v) is 36.8. The molecule has 0 radical (unpaired) electrons. The topological polar surface area (TPSA) is 211 Å². The van der Waals surface area contributed by atoms with E-state index >= 15 is 0 Å². The molecule has 0 amide bonds. The van der Waals surface area contributed by atoms with Crippen molar-refractivity contribution in [1.82, 2.24) is 60.0 Å². The van der Waals surface area contributed by atoms with E-state index < -0.39 is 0 Å². The summed E-state index contributed by atoms with van der Waals surface area (Å²) in [5.74, 6) is 4.44. The van der Waals surface area contributed by atoms with Crippen molar-refractivity contribution in [3.05, 3.63) is 131 Å². The van der Waals surface area contributed by atoms with Gasteiger partial charge in [-0.05, 0) is 129 Å². The Balaban J connectivity index is 0.000000157. The number of hydrogen-bond acceptors (Lipinski definition) is 16.